The fraction of sp³-hybridized carbons (Fsp3) is 1.00. The van der Waals surface area contributed by atoms with Crippen LogP contribution in [-0.4, -0.2) is 80.2 Å². The van der Waals surface area contributed by atoms with Crippen molar-refractivity contribution >= 4 is 68.5 Å². The van der Waals surface area contributed by atoms with Crippen molar-refractivity contribution in [3.05, 3.63) is 0 Å². The van der Waals surface area contributed by atoms with Crippen molar-refractivity contribution in [1.29, 1.82) is 0 Å². The summed E-state index contributed by atoms with van der Waals surface area (Å²) in [6.45, 7) is 32.8. The molecule has 17 heteroatoms. The van der Waals surface area contributed by atoms with Crippen molar-refractivity contribution in [3.63, 3.8) is 0 Å². The van der Waals surface area contributed by atoms with Crippen molar-refractivity contribution < 1.29 is 38.0 Å². The van der Waals surface area contributed by atoms with E-state index in [9.17, 15) is 5.11 Å². The highest BCUT2D eigenvalue weighted by atomic mass is 28.6. The van der Waals surface area contributed by atoms with E-state index in [0.29, 0.717) is 47.8 Å². The first-order valence-electron chi connectivity index (χ1n) is 21.2. The summed E-state index contributed by atoms with van der Waals surface area (Å²) in [5, 5.41) is 10.5. The van der Waals surface area contributed by atoms with E-state index in [0.717, 1.165) is 71.0 Å². The Hall–Kier alpha value is 1.38. The molecule has 6 rings (SSSR count). The van der Waals surface area contributed by atoms with Crippen molar-refractivity contribution in [3.8, 4) is 0 Å². The molecule has 52 heavy (non-hydrogen) atoms. The van der Waals surface area contributed by atoms with Crippen LogP contribution in [0.1, 0.15) is 103 Å². The summed E-state index contributed by atoms with van der Waals surface area (Å²) in [6, 6.07) is 6.96. The molecule has 6 aliphatic rings. The first kappa shape index (κ1) is 44.5. The first-order valence-corrected chi connectivity index (χ1v) is 39.0. The molecule has 0 radical (unpaired) electrons. The van der Waals surface area contributed by atoms with Gasteiger partial charge in [0.1, 0.15) is 0 Å². The average Bonchev–Trinajstić information content (AvgIpc) is 2.84. The second kappa shape index (κ2) is 16.2. The molecular weight excluding hydrogens is 789 g/mol. The summed E-state index contributed by atoms with van der Waals surface area (Å²) in [5.74, 6) is 2.68. The van der Waals surface area contributed by atoms with E-state index >= 15 is 0 Å². The maximum atomic E-state index is 10.5. The lowest BCUT2D eigenvalue weighted by Crippen LogP contribution is -2.85. The Morgan fingerprint density at radius 1 is 0.327 bits per heavy atom. The third-order valence-electron chi connectivity index (χ3n) is 10.9. The molecule has 6 fully saturated rings. The first-order chi connectivity index (χ1) is 24.0. The summed E-state index contributed by atoms with van der Waals surface area (Å²) >= 11 is 0. The van der Waals surface area contributed by atoms with Gasteiger partial charge in [0.15, 0.2) is 0 Å². The second-order valence-corrected chi connectivity index (χ2v) is 50.9. The minimum absolute atomic E-state index is 0.112. The zero-order valence-electron chi connectivity index (χ0n) is 35.7. The minimum Gasteiger partial charge on any atom is -0.415 e. The highest BCUT2D eigenvalue weighted by molar-refractivity contribution is 7.13. The van der Waals surface area contributed by atoms with Gasteiger partial charge in [0, 0.05) is 29.3 Å². The fourth-order valence-electron chi connectivity index (χ4n) is 11.1. The van der Waals surface area contributed by atoms with E-state index in [-0.39, 0.29) is 6.61 Å². The molecule has 9 nitrogen and oxygen atoms in total. The highest BCUT2D eigenvalue weighted by Gasteiger charge is 2.78. The smallest absolute Gasteiger partial charge is 0.322 e. The van der Waals surface area contributed by atoms with Crippen LogP contribution in [0.2, 0.25) is 71.0 Å². The topological polar surface area (TPSA) is 94.1 Å². The molecule has 8 bridgehead atoms. The van der Waals surface area contributed by atoms with Crippen molar-refractivity contribution in [1.82, 2.24) is 0 Å². The predicted octanol–water partition coefficient (Wildman–Crippen LogP) is 9.86. The zero-order chi connectivity index (χ0) is 38.6. The highest BCUT2D eigenvalue weighted by Crippen LogP contribution is 2.59. The van der Waals surface area contributed by atoms with E-state index in [4.69, 9.17) is 32.9 Å². The van der Waals surface area contributed by atoms with Gasteiger partial charge in [-0.25, -0.2) is 0 Å². The van der Waals surface area contributed by atoms with Crippen LogP contribution in [0.5, 0.6) is 0 Å². The van der Waals surface area contributed by atoms with Crippen molar-refractivity contribution in [2.45, 2.75) is 174 Å². The Bertz CT molecular complexity index is 1070. The largest absolute Gasteiger partial charge is 0.415 e. The van der Waals surface area contributed by atoms with E-state index < -0.39 is 68.5 Å². The summed E-state index contributed by atoms with van der Waals surface area (Å²) in [6.07, 6.45) is 0.645. The Morgan fingerprint density at radius 2 is 0.500 bits per heavy atom. The summed E-state index contributed by atoms with van der Waals surface area (Å²) < 4.78 is 66.1. The maximum Gasteiger partial charge on any atom is 0.322 e. The normalized spacial score (nSPS) is 41.9. The molecule has 6 saturated heterocycles. The molecule has 8 unspecified atom stereocenters. The number of rotatable bonds is 17. The van der Waals surface area contributed by atoms with Gasteiger partial charge in [-0.2, -0.15) is 0 Å². The van der Waals surface area contributed by atoms with Crippen LogP contribution in [0.25, 0.3) is 0 Å². The van der Waals surface area contributed by atoms with Gasteiger partial charge in [-0.3, -0.25) is 0 Å². The quantitative estimate of drug-likeness (QED) is 0.144. The van der Waals surface area contributed by atoms with E-state index in [1.165, 1.54) is 0 Å². The van der Waals surface area contributed by atoms with Crippen LogP contribution in [0.3, 0.4) is 0 Å². The third-order valence-corrected chi connectivity index (χ3v) is 63.1. The molecule has 0 aromatic carbocycles. The van der Waals surface area contributed by atoms with Crippen LogP contribution in [0.4, 0.5) is 0 Å². The van der Waals surface area contributed by atoms with Crippen molar-refractivity contribution in [2.24, 2.45) is 41.4 Å². The Morgan fingerprint density at radius 3 is 0.673 bits per heavy atom. The molecule has 304 valence electrons. The molecule has 0 spiro atoms. The molecular formula is C35H78O9Si8. The van der Waals surface area contributed by atoms with Gasteiger partial charge in [-0.15, -0.1) is 0 Å². The summed E-state index contributed by atoms with van der Waals surface area (Å²) in [5.41, 5.74) is 3.11. The van der Waals surface area contributed by atoms with Crippen LogP contribution in [0.15, 0.2) is 0 Å². The molecule has 1 N–H and O–H groups in total. The van der Waals surface area contributed by atoms with Gasteiger partial charge in [0.05, 0.1) is 0 Å². The maximum absolute atomic E-state index is 10.5. The molecule has 6 aliphatic heterocycles. The molecule has 6 heterocycles. The Balaban J connectivity index is 1.96. The number of aliphatic hydroxyl groups excluding tert-OH is 1. The van der Waals surface area contributed by atoms with Gasteiger partial charge in [-0.1, -0.05) is 96.9 Å². The van der Waals surface area contributed by atoms with Crippen LogP contribution in [0, 0.1) is 41.4 Å². The Kier molecular flexibility index (Phi) is 13.9. The van der Waals surface area contributed by atoms with E-state index in [1.807, 2.05) is 0 Å². The lowest BCUT2D eigenvalue weighted by molar-refractivity contribution is 0.155. The molecule has 0 aliphatic carbocycles. The summed E-state index contributed by atoms with van der Waals surface area (Å²) in [7, 11) is -24.8. The van der Waals surface area contributed by atoms with Crippen LogP contribution < -0.4 is 0 Å². The molecule has 8 atom stereocenters. The third kappa shape index (κ3) is 10.1. The Labute approximate surface area is 327 Å². The standard InChI is InChI=1S/C35H78O9Si8/c1-29(2)18-46-25-45(17-15-16-36)37-47(19-30(3)4)26-49(39-46,21-32(7)8)43-52(24-35(13)14)28-51(40-46,23-34(11)12)42-48(38-45,20-31(5)6)27-50(41-47,44-52)22-33(9)10/h29-36H,15-28H2,1-14H3. The minimum atomic E-state index is -3.16. The average molecular weight is 868 g/mol. The lowest BCUT2D eigenvalue weighted by atomic mass is 10.3. The monoisotopic (exact) mass is 866 g/mol. The molecule has 0 saturated carbocycles. The van der Waals surface area contributed by atoms with E-state index in [1.54, 1.807) is 0 Å². The van der Waals surface area contributed by atoms with Gasteiger partial charge in [0.25, 0.3) is 0 Å². The fourth-order valence-corrected chi connectivity index (χ4v) is 84.9. The zero-order valence-corrected chi connectivity index (χ0v) is 43.7. The molecule has 0 aromatic heterocycles. The number of hydrogen-bond donors (Lipinski definition) is 1. The molecule has 0 amide bonds. The van der Waals surface area contributed by atoms with Crippen LogP contribution in [-0.2, 0) is 32.9 Å². The number of aliphatic hydroxyl groups is 1. The SMILES string of the molecule is CC(C)C[Si]12C[Si]3(CC(C)C)O[Si]4(CC(C)C)C[Si]5(CC(C)C)O[Si](CC(C)C)(C[Si](CCCO)(O1)O4)O[Si](CC(C)C)(C[Si](CC(C)C)(O3)O5)O2. The number of hydrogen-bond acceptors (Lipinski definition) is 9. The van der Waals surface area contributed by atoms with Gasteiger partial charge in [0.2, 0.25) is 0 Å². The predicted molar refractivity (Wildman–Crippen MR) is 228 cm³/mol. The molecule has 0 aromatic rings. The van der Waals surface area contributed by atoms with Crippen molar-refractivity contribution in [2.75, 3.05) is 6.61 Å². The van der Waals surface area contributed by atoms with Crippen LogP contribution >= 0.6 is 0 Å². The van der Waals surface area contributed by atoms with Gasteiger partial charge >= 0.3 is 68.5 Å². The lowest BCUT2D eigenvalue weighted by Gasteiger charge is -2.66. The summed E-state index contributed by atoms with van der Waals surface area (Å²) in [4.78, 5) is 0. The second-order valence-electron chi connectivity index (χ2n) is 20.8. The van der Waals surface area contributed by atoms with Gasteiger partial charge in [-0.05, 0) is 96.2 Å². The van der Waals surface area contributed by atoms with Gasteiger partial charge < -0.3 is 38.0 Å². The van der Waals surface area contributed by atoms with E-state index in [2.05, 4.69) is 96.9 Å².